The van der Waals surface area contributed by atoms with Crippen LogP contribution in [0.4, 0.5) is 5.82 Å². The lowest BCUT2D eigenvalue weighted by Gasteiger charge is -2.45. The highest BCUT2D eigenvalue weighted by molar-refractivity contribution is 7.98. The third-order valence-electron chi connectivity index (χ3n) is 3.62. The van der Waals surface area contributed by atoms with E-state index in [0.717, 1.165) is 35.4 Å². The van der Waals surface area contributed by atoms with Gasteiger partial charge in [0.2, 0.25) is 0 Å². The molecule has 2 aromatic rings. The third kappa shape index (κ3) is 2.18. The molecule has 3 rings (SSSR count). The molecule has 1 saturated heterocycles. The molecule has 2 aromatic heterocycles. The van der Waals surface area contributed by atoms with E-state index < -0.39 is 0 Å². The number of aromatic nitrogens is 3. The third-order valence-corrected chi connectivity index (χ3v) is 4.29. The van der Waals surface area contributed by atoms with Gasteiger partial charge in [-0.2, -0.15) is 11.8 Å². The minimum Gasteiger partial charge on any atom is -0.390 e. The fourth-order valence-corrected chi connectivity index (χ4v) is 3.30. The van der Waals surface area contributed by atoms with Gasteiger partial charge in [0.1, 0.15) is 11.8 Å². The maximum atomic E-state index is 9.79. The average Bonchev–Trinajstić information content (AvgIpc) is 2.80. The van der Waals surface area contributed by atoms with E-state index in [0.29, 0.717) is 5.82 Å². The average molecular weight is 279 g/mol. The van der Waals surface area contributed by atoms with Crippen LogP contribution in [-0.2, 0) is 6.54 Å². The first kappa shape index (κ1) is 12.7. The summed E-state index contributed by atoms with van der Waals surface area (Å²) in [5.41, 5.74) is 8.57. The molecule has 0 aliphatic carbocycles. The first-order chi connectivity index (χ1) is 9.20. The number of nitrogens with two attached hydrogens (primary N) is 1. The van der Waals surface area contributed by atoms with Gasteiger partial charge < -0.3 is 15.8 Å². The zero-order chi connectivity index (χ0) is 13.4. The second kappa shape index (κ2) is 4.99. The van der Waals surface area contributed by atoms with Gasteiger partial charge in [-0.05, 0) is 6.26 Å². The number of aliphatic hydroxyl groups excluding tert-OH is 1. The van der Waals surface area contributed by atoms with Crippen molar-refractivity contribution >= 4 is 28.6 Å². The van der Waals surface area contributed by atoms with Gasteiger partial charge >= 0.3 is 0 Å². The molecule has 1 aliphatic rings. The Bertz CT molecular complexity index is 587. The summed E-state index contributed by atoms with van der Waals surface area (Å²) in [7, 11) is 0. The van der Waals surface area contributed by atoms with Crippen LogP contribution in [0.15, 0.2) is 12.5 Å². The first-order valence-electron chi connectivity index (χ1n) is 6.18. The van der Waals surface area contributed by atoms with Gasteiger partial charge in [0, 0.05) is 36.6 Å². The predicted molar refractivity (Wildman–Crippen MR) is 76.9 cm³/mol. The van der Waals surface area contributed by atoms with Crippen molar-refractivity contribution in [2.45, 2.75) is 18.7 Å². The molecule has 3 heterocycles. The van der Waals surface area contributed by atoms with E-state index >= 15 is 0 Å². The smallest absolute Gasteiger partial charge is 0.151 e. The highest BCUT2D eigenvalue weighted by Gasteiger charge is 2.37. The van der Waals surface area contributed by atoms with Crippen LogP contribution in [0.1, 0.15) is 5.56 Å². The predicted octanol–water partition coefficient (Wildman–Crippen LogP) is 0.448. The maximum Gasteiger partial charge on any atom is 0.151 e. The molecule has 7 heteroatoms. The molecule has 0 spiro atoms. The number of H-pyrrole nitrogens is 1. The molecule has 2 atom stereocenters. The number of rotatable bonds is 4. The second-order valence-electron chi connectivity index (χ2n) is 4.82. The molecule has 0 saturated carbocycles. The van der Waals surface area contributed by atoms with Gasteiger partial charge in [0.15, 0.2) is 5.82 Å². The number of anilines is 1. The van der Waals surface area contributed by atoms with E-state index in [9.17, 15) is 5.11 Å². The number of nitrogens with zero attached hydrogens (tertiary/aromatic N) is 3. The largest absolute Gasteiger partial charge is 0.390 e. The van der Waals surface area contributed by atoms with E-state index in [1.165, 1.54) is 6.33 Å². The number of aliphatic hydroxyl groups is 1. The SMILES string of the molecule is CSC[C@H]1[C@H](O)CN1Cc1c[nH]c2c(N)ncnc12. The van der Waals surface area contributed by atoms with Crippen molar-refractivity contribution in [3.8, 4) is 0 Å². The van der Waals surface area contributed by atoms with Crippen LogP contribution >= 0.6 is 11.8 Å². The quantitative estimate of drug-likeness (QED) is 0.752. The number of thioether (sulfide) groups is 1. The lowest BCUT2D eigenvalue weighted by molar-refractivity contribution is -0.0544. The number of aromatic amines is 1. The molecule has 0 radical (unpaired) electrons. The minimum atomic E-state index is -0.211. The van der Waals surface area contributed by atoms with Crippen molar-refractivity contribution in [2.24, 2.45) is 0 Å². The normalized spacial score (nSPS) is 23.7. The Hall–Kier alpha value is -1.31. The lowest BCUT2D eigenvalue weighted by Crippen LogP contribution is -2.60. The zero-order valence-corrected chi connectivity index (χ0v) is 11.5. The fourth-order valence-electron chi connectivity index (χ4n) is 2.52. The lowest BCUT2D eigenvalue weighted by atomic mass is 10.0. The van der Waals surface area contributed by atoms with Crippen LogP contribution in [-0.4, -0.2) is 55.7 Å². The van der Waals surface area contributed by atoms with E-state index in [1.807, 2.05) is 6.20 Å². The summed E-state index contributed by atoms with van der Waals surface area (Å²) in [5.74, 6) is 1.42. The Balaban J connectivity index is 1.81. The monoisotopic (exact) mass is 279 g/mol. The molecule has 4 N–H and O–H groups in total. The summed E-state index contributed by atoms with van der Waals surface area (Å²) in [6.07, 6.45) is 5.26. The second-order valence-corrected chi connectivity index (χ2v) is 5.73. The van der Waals surface area contributed by atoms with Crippen molar-refractivity contribution < 1.29 is 5.11 Å². The van der Waals surface area contributed by atoms with Crippen molar-refractivity contribution in [1.29, 1.82) is 0 Å². The molecule has 0 bridgehead atoms. The van der Waals surface area contributed by atoms with Crippen LogP contribution < -0.4 is 5.73 Å². The fraction of sp³-hybridized carbons (Fsp3) is 0.500. The Labute approximate surface area is 115 Å². The summed E-state index contributed by atoms with van der Waals surface area (Å²) in [6.45, 7) is 1.50. The number of fused-ring (bicyclic) bond motifs is 1. The van der Waals surface area contributed by atoms with Crippen LogP contribution in [0.5, 0.6) is 0 Å². The summed E-state index contributed by atoms with van der Waals surface area (Å²) >= 11 is 1.76. The summed E-state index contributed by atoms with van der Waals surface area (Å²) < 4.78 is 0. The minimum absolute atomic E-state index is 0.211. The van der Waals surface area contributed by atoms with Crippen molar-refractivity contribution in [3.63, 3.8) is 0 Å². The zero-order valence-electron chi connectivity index (χ0n) is 10.7. The number of nitrogen functional groups attached to an aromatic ring is 1. The topological polar surface area (TPSA) is 91.1 Å². The van der Waals surface area contributed by atoms with Gasteiger partial charge in [-0.1, -0.05) is 0 Å². The highest BCUT2D eigenvalue weighted by atomic mass is 32.2. The summed E-state index contributed by atoms with van der Waals surface area (Å²) in [5, 5.41) is 9.79. The summed E-state index contributed by atoms with van der Waals surface area (Å²) in [4.78, 5) is 13.6. The molecule has 1 fully saturated rings. The van der Waals surface area contributed by atoms with Crippen LogP contribution in [0.3, 0.4) is 0 Å². The molecular formula is C12H17N5OS. The van der Waals surface area contributed by atoms with Gasteiger partial charge in [0.25, 0.3) is 0 Å². The molecule has 1 aliphatic heterocycles. The maximum absolute atomic E-state index is 9.79. The Morgan fingerprint density at radius 2 is 2.42 bits per heavy atom. The Morgan fingerprint density at radius 1 is 1.58 bits per heavy atom. The van der Waals surface area contributed by atoms with Crippen LogP contribution in [0.2, 0.25) is 0 Å². The first-order valence-corrected chi connectivity index (χ1v) is 7.57. The molecule has 19 heavy (non-hydrogen) atoms. The molecule has 0 amide bonds. The van der Waals surface area contributed by atoms with E-state index in [-0.39, 0.29) is 12.1 Å². The van der Waals surface area contributed by atoms with Gasteiger partial charge in [0.05, 0.1) is 11.6 Å². The summed E-state index contributed by atoms with van der Waals surface area (Å²) in [6, 6.07) is 0.235. The van der Waals surface area contributed by atoms with Crippen LogP contribution in [0, 0.1) is 0 Å². The number of hydrogen-bond donors (Lipinski definition) is 3. The standard InChI is InChI=1S/C12H17N5OS/c1-19-5-8-9(18)4-17(8)3-7-2-14-11-10(7)15-6-16-12(11)13/h2,6,8-9,14,18H,3-5H2,1H3,(H2,13,15,16)/t8-,9+/m0/s1. The van der Waals surface area contributed by atoms with Crippen molar-refractivity contribution in [3.05, 3.63) is 18.1 Å². The van der Waals surface area contributed by atoms with Gasteiger partial charge in [-0.25, -0.2) is 9.97 Å². The highest BCUT2D eigenvalue weighted by Crippen LogP contribution is 2.27. The van der Waals surface area contributed by atoms with Gasteiger partial charge in [-0.15, -0.1) is 0 Å². The molecule has 102 valence electrons. The van der Waals surface area contributed by atoms with E-state index in [1.54, 1.807) is 11.8 Å². The van der Waals surface area contributed by atoms with Crippen LogP contribution in [0.25, 0.3) is 11.0 Å². The van der Waals surface area contributed by atoms with Crippen molar-refractivity contribution in [1.82, 2.24) is 19.9 Å². The number of β-amino-alcohol motifs (C(OH)–C–C–N with tert-alkyl or cyclic N) is 1. The number of nitrogens with one attached hydrogen (secondary N) is 1. The molecule has 6 nitrogen and oxygen atoms in total. The Morgan fingerprint density at radius 3 is 3.16 bits per heavy atom. The Kier molecular flexibility index (Phi) is 3.34. The van der Waals surface area contributed by atoms with Crippen molar-refractivity contribution in [2.75, 3.05) is 24.3 Å². The molecule has 0 unspecified atom stereocenters. The molecule has 0 aromatic carbocycles. The van der Waals surface area contributed by atoms with E-state index in [4.69, 9.17) is 5.73 Å². The van der Waals surface area contributed by atoms with Gasteiger partial charge in [-0.3, -0.25) is 4.90 Å². The number of hydrogen-bond acceptors (Lipinski definition) is 6. The van der Waals surface area contributed by atoms with E-state index in [2.05, 4.69) is 26.1 Å². The molecular weight excluding hydrogens is 262 g/mol. The number of likely N-dealkylation sites (tertiary alicyclic amines) is 1.